The van der Waals surface area contributed by atoms with Gasteiger partial charge in [-0.25, -0.2) is 0 Å². The Bertz CT molecular complexity index is 893. The minimum Gasteiger partial charge on any atom is -0.506 e. The third kappa shape index (κ3) is 2.45. The number of anilines is 1. The standard InChI is InChI=1S/C13H6BrClN4O2/c14-9-2-5(15)1-6(11(9)20)10-7(3-16)12(18)19-13(21)8(10)4-17/h1-2,20H,(H3,18,19,21). The summed E-state index contributed by atoms with van der Waals surface area (Å²) < 4.78 is 0.261. The fourth-order valence-electron chi connectivity index (χ4n) is 1.87. The van der Waals surface area contributed by atoms with Crippen LogP contribution in [0.1, 0.15) is 11.1 Å². The summed E-state index contributed by atoms with van der Waals surface area (Å²) >= 11 is 9.03. The molecule has 0 saturated carbocycles. The van der Waals surface area contributed by atoms with Gasteiger partial charge in [-0.1, -0.05) is 11.6 Å². The first-order valence-electron chi connectivity index (χ1n) is 5.45. The summed E-state index contributed by atoms with van der Waals surface area (Å²) in [7, 11) is 0. The normalized spacial score (nSPS) is 9.90. The van der Waals surface area contributed by atoms with Gasteiger partial charge in [0.2, 0.25) is 0 Å². The Morgan fingerprint density at radius 2 is 1.90 bits per heavy atom. The Hall–Kier alpha value is -2.48. The lowest BCUT2D eigenvalue weighted by atomic mass is 9.96. The molecule has 6 nitrogen and oxygen atoms in total. The van der Waals surface area contributed by atoms with E-state index < -0.39 is 5.56 Å². The first-order valence-corrected chi connectivity index (χ1v) is 6.62. The van der Waals surface area contributed by atoms with Crippen molar-refractivity contribution in [3.63, 3.8) is 0 Å². The van der Waals surface area contributed by atoms with Crippen molar-refractivity contribution >= 4 is 33.3 Å². The molecule has 1 aromatic carbocycles. The maximum Gasteiger partial charge on any atom is 0.268 e. The van der Waals surface area contributed by atoms with Crippen LogP contribution in [-0.2, 0) is 0 Å². The first-order chi connectivity index (χ1) is 9.90. The zero-order chi connectivity index (χ0) is 15.7. The van der Waals surface area contributed by atoms with Crippen LogP contribution in [-0.4, -0.2) is 10.1 Å². The predicted molar refractivity (Wildman–Crippen MR) is 80.7 cm³/mol. The molecule has 1 heterocycles. The zero-order valence-corrected chi connectivity index (χ0v) is 12.6. The average Bonchev–Trinajstić information content (AvgIpc) is 2.42. The third-order valence-corrected chi connectivity index (χ3v) is 3.59. The fourth-order valence-corrected chi connectivity index (χ4v) is 2.68. The highest BCUT2D eigenvalue weighted by atomic mass is 79.9. The van der Waals surface area contributed by atoms with Crippen molar-refractivity contribution < 1.29 is 5.11 Å². The van der Waals surface area contributed by atoms with Crippen LogP contribution >= 0.6 is 27.5 Å². The number of aromatic amines is 1. The maximum atomic E-state index is 11.8. The number of hydrogen-bond donors (Lipinski definition) is 3. The van der Waals surface area contributed by atoms with Gasteiger partial charge in [0.1, 0.15) is 34.8 Å². The molecule has 4 N–H and O–H groups in total. The number of hydrogen-bond acceptors (Lipinski definition) is 5. The topological polar surface area (TPSA) is 127 Å². The quantitative estimate of drug-likeness (QED) is 0.715. The molecule has 0 radical (unpaired) electrons. The smallest absolute Gasteiger partial charge is 0.268 e. The molecule has 0 spiro atoms. The van der Waals surface area contributed by atoms with E-state index in [4.69, 9.17) is 22.6 Å². The van der Waals surface area contributed by atoms with Gasteiger partial charge in [-0.05, 0) is 28.1 Å². The highest BCUT2D eigenvalue weighted by molar-refractivity contribution is 9.10. The molecule has 104 valence electrons. The van der Waals surface area contributed by atoms with Crippen molar-refractivity contribution in [3.05, 3.63) is 43.1 Å². The molecule has 1 aromatic heterocycles. The molecule has 2 rings (SSSR count). The Balaban J connectivity index is 3.04. The Morgan fingerprint density at radius 1 is 1.29 bits per heavy atom. The number of nitrogens with one attached hydrogen (secondary N) is 1. The summed E-state index contributed by atoms with van der Waals surface area (Å²) in [5, 5.41) is 28.7. The lowest BCUT2D eigenvalue weighted by Gasteiger charge is -2.11. The summed E-state index contributed by atoms with van der Waals surface area (Å²) in [6, 6.07) is 6.31. The second-order valence-corrected chi connectivity index (χ2v) is 5.29. The summed E-state index contributed by atoms with van der Waals surface area (Å²) in [4.78, 5) is 14.0. The molecule has 0 fully saturated rings. The number of H-pyrrole nitrogens is 1. The zero-order valence-electron chi connectivity index (χ0n) is 10.2. The maximum absolute atomic E-state index is 11.8. The first kappa shape index (κ1) is 14.9. The van der Waals surface area contributed by atoms with Crippen LogP contribution in [0.4, 0.5) is 5.82 Å². The van der Waals surface area contributed by atoms with Gasteiger partial charge in [-0.15, -0.1) is 0 Å². The summed E-state index contributed by atoms with van der Waals surface area (Å²) in [5.41, 5.74) is 4.43. The highest BCUT2D eigenvalue weighted by Gasteiger charge is 2.22. The number of aromatic hydroxyl groups is 1. The number of rotatable bonds is 1. The largest absolute Gasteiger partial charge is 0.506 e. The Labute approximate surface area is 132 Å². The number of nitrogen functional groups attached to an aromatic ring is 1. The lowest BCUT2D eigenvalue weighted by molar-refractivity contribution is 0.474. The van der Waals surface area contributed by atoms with Crippen LogP contribution < -0.4 is 11.3 Å². The van der Waals surface area contributed by atoms with E-state index in [9.17, 15) is 15.2 Å². The molecule has 21 heavy (non-hydrogen) atoms. The van der Waals surface area contributed by atoms with Crippen molar-refractivity contribution in [2.24, 2.45) is 0 Å². The monoisotopic (exact) mass is 364 g/mol. The van der Waals surface area contributed by atoms with Gasteiger partial charge < -0.3 is 15.8 Å². The van der Waals surface area contributed by atoms with Crippen LogP contribution in [0.15, 0.2) is 21.4 Å². The summed E-state index contributed by atoms with van der Waals surface area (Å²) in [6.45, 7) is 0. The minimum atomic E-state index is -0.750. The molecule has 0 aliphatic carbocycles. The summed E-state index contributed by atoms with van der Waals surface area (Å²) in [5.74, 6) is -0.440. The van der Waals surface area contributed by atoms with E-state index in [-0.39, 0.29) is 43.3 Å². The van der Waals surface area contributed by atoms with Crippen LogP contribution in [0.25, 0.3) is 11.1 Å². The number of nitrogens with two attached hydrogens (primary N) is 1. The Morgan fingerprint density at radius 3 is 2.48 bits per heavy atom. The van der Waals surface area contributed by atoms with E-state index in [1.807, 2.05) is 6.07 Å². The lowest BCUT2D eigenvalue weighted by Crippen LogP contribution is -2.16. The van der Waals surface area contributed by atoms with Gasteiger partial charge in [0, 0.05) is 16.1 Å². The molecule has 8 heteroatoms. The fraction of sp³-hybridized carbons (Fsp3) is 0. The molecule has 0 aliphatic heterocycles. The van der Waals surface area contributed by atoms with Crippen molar-refractivity contribution in [1.82, 2.24) is 4.98 Å². The van der Waals surface area contributed by atoms with E-state index >= 15 is 0 Å². The molecular formula is C13H6BrClN4O2. The molecule has 0 unspecified atom stereocenters. The van der Waals surface area contributed by atoms with Crippen LogP contribution in [0.3, 0.4) is 0 Å². The molecule has 2 aromatic rings. The number of pyridine rings is 1. The van der Waals surface area contributed by atoms with E-state index in [0.717, 1.165) is 0 Å². The number of benzene rings is 1. The second-order valence-electron chi connectivity index (χ2n) is 4.00. The molecule has 0 bridgehead atoms. The minimum absolute atomic E-state index is 0.0537. The molecular weight excluding hydrogens is 360 g/mol. The number of nitriles is 2. The number of phenolic OH excluding ortho intramolecular Hbond substituents is 1. The van der Waals surface area contributed by atoms with Crippen LogP contribution in [0.5, 0.6) is 5.75 Å². The van der Waals surface area contributed by atoms with Gasteiger partial charge in [-0.2, -0.15) is 10.5 Å². The van der Waals surface area contributed by atoms with Crippen molar-refractivity contribution in [1.29, 1.82) is 10.5 Å². The number of aromatic nitrogens is 1. The van der Waals surface area contributed by atoms with E-state index in [1.54, 1.807) is 6.07 Å². The van der Waals surface area contributed by atoms with Gasteiger partial charge in [0.25, 0.3) is 5.56 Å². The molecule has 0 aliphatic rings. The average molecular weight is 366 g/mol. The van der Waals surface area contributed by atoms with E-state index in [2.05, 4.69) is 20.9 Å². The van der Waals surface area contributed by atoms with E-state index in [1.165, 1.54) is 12.1 Å². The predicted octanol–water partition coefficient (Wildman–Crippen LogP) is 2.49. The highest BCUT2D eigenvalue weighted by Crippen LogP contribution is 2.40. The number of halogens is 2. The SMILES string of the molecule is N#Cc1c(N)[nH]c(=O)c(C#N)c1-c1cc(Cl)cc(Br)c1O. The number of nitrogens with zero attached hydrogens (tertiary/aromatic N) is 2. The van der Waals surface area contributed by atoms with Crippen LogP contribution in [0.2, 0.25) is 5.02 Å². The van der Waals surface area contributed by atoms with Gasteiger partial charge in [0.05, 0.1) is 4.47 Å². The van der Waals surface area contributed by atoms with Crippen molar-refractivity contribution in [2.45, 2.75) is 0 Å². The molecule has 0 saturated heterocycles. The molecule has 0 atom stereocenters. The number of phenols is 1. The van der Waals surface area contributed by atoms with Gasteiger partial charge in [-0.3, -0.25) is 4.79 Å². The second kappa shape index (κ2) is 5.49. The van der Waals surface area contributed by atoms with E-state index in [0.29, 0.717) is 0 Å². The molecule has 0 amide bonds. The third-order valence-electron chi connectivity index (χ3n) is 2.77. The van der Waals surface area contributed by atoms with Crippen molar-refractivity contribution in [3.8, 4) is 29.0 Å². The van der Waals surface area contributed by atoms with Gasteiger partial charge in [0.15, 0.2) is 0 Å². The van der Waals surface area contributed by atoms with Gasteiger partial charge >= 0.3 is 0 Å². The van der Waals surface area contributed by atoms with Crippen molar-refractivity contribution in [2.75, 3.05) is 5.73 Å². The van der Waals surface area contributed by atoms with Crippen LogP contribution in [0, 0.1) is 22.7 Å². The Kier molecular flexibility index (Phi) is 3.90. The summed E-state index contributed by atoms with van der Waals surface area (Å²) in [6.07, 6.45) is 0.